The first kappa shape index (κ1) is 14.9. The average molecular weight is 287 g/mol. The number of carbonyl (C=O) groups is 1. The molecule has 6 heteroatoms. The van der Waals surface area contributed by atoms with Gasteiger partial charge in [-0.25, -0.2) is 0 Å². The van der Waals surface area contributed by atoms with Gasteiger partial charge in [-0.05, 0) is 31.2 Å². The molecule has 1 N–H and O–H groups in total. The maximum absolute atomic E-state index is 11.9. The van der Waals surface area contributed by atoms with Gasteiger partial charge in [0.1, 0.15) is 5.75 Å². The van der Waals surface area contributed by atoms with E-state index >= 15 is 0 Å². The fraction of sp³-hybridized carbons (Fsp3) is 0.267. The molecule has 0 bridgehead atoms. The highest BCUT2D eigenvalue weighted by Gasteiger charge is 2.07. The predicted molar refractivity (Wildman–Crippen MR) is 77.5 cm³/mol. The summed E-state index contributed by atoms with van der Waals surface area (Å²) >= 11 is 0. The van der Waals surface area contributed by atoms with Gasteiger partial charge in [0.05, 0.1) is 12.3 Å². The molecule has 0 fully saturated rings. The summed E-state index contributed by atoms with van der Waals surface area (Å²) in [5, 5.41) is 10.6. The summed E-state index contributed by atoms with van der Waals surface area (Å²) in [7, 11) is 1.59. The molecular formula is C15H17N3O3. The summed E-state index contributed by atoms with van der Waals surface area (Å²) in [6.45, 7) is 2.78. The van der Waals surface area contributed by atoms with Crippen LogP contribution >= 0.6 is 0 Å². The number of benzene rings is 1. The van der Waals surface area contributed by atoms with Gasteiger partial charge in [-0.15, -0.1) is 5.10 Å². The van der Waals surface area contributed by atoms with Gasteiger partial charge in [-0.2, -0.15) is 5.10 Å². The van der Waals surface area contributed by atoms with Crippen LogP contribution in [0.1, 0.15) is 16.1 Å². The fourth-order valence-electron chi connectivity index (χ4n) is 1.63. The summed E-state index contributed by atoms with van der Waals surface area (Å²) < 4.78 is 10.5. The molecule has 0 aliphatic carbocycles. The maximum atomic E-state index is 11.9. The molecule has 2 aromatic rings. The SMILES string of the molecule is COCCNC(=O)c1cccc(Oc2ccc(C)nn2)c1. The maximum Gasteiger partial charge on any atom is 0.251 e. The van der Waals surface area contributed by atoms with Gasteiger partial charge in [-0.3, -0.25) is 4.79 Å². The number of aryl methyl sites for hydroxylation is 1. The number of carbonyl (C=O) groups excluding carboxylic acids is 1. The second kappa shape index (κ2) is 7.35. The molecule has 1 amide bonds. The zero-order valence-corrected chi connectivity index (χ0v) is 12.0. The molecule has 0 spiro atoms. The van der Waals surface area contributed by atoms with Crippen molar-refractivity contribution in [2.45, 2.75) is 6.92 Å². The van der Waals surface area contributed by atoms with Crippen molar-refractivity contribution in [1.82, 2.24) is 15.5 Å². The quantitative estimate of drug-likeness (QED) is 0.822. The lowest BCUT2D eigenvalue weighted by Crippen LogP contribution is -2.26. The minimum atomic E-state index is -0.174. The summed E-state index contributed by atoms with van der Waals surface area (Å²) in [5.41, 5.74) is 1.33. The Morgan fingerprint density at radius 3 is 2.81 bits per heavy atom. The van der Waals surface area contributed by atoms with E-state index in [1.165, 1.54) is 0 Å². The molecule has 2 rings (SSSR count). The minimum absolute atomic E-state index is 0.174. The number of rotatable bonds is 6. The third-order valence-electron chi connectivity index (χ3n) is 2.68. The monoisotopic (exact) mass is 287 g/mol. The molecule has 0 aliphatic heterocycles. The number of amides is 1. The first-order chi connectivity index (χ1) is 10.2. The lowest BCUT2D eigenvalue weighted by Gasteiger charge is -2.07. The number of nitrogens with one attached hydrogen (secondary N) is 1. The van der Waals surface area contributed by atoms with Crippen LogP contribution in [-0.2, 0) is 4.74 Å². The number of hydrogen-bond donors (Lipinski definition) is 1. The molecule has 0 saturated heterocycles. The van der Waals surface area contributed by atoms with Crippen molar-refractivity contribution in [3.63, 3.8) is 0 Å². The second-order valence-electron chi connectivity index (χ2n) is 4.39. The van der Waals surface area contributed by atoms with E-state index < -0.39 is 0 Å². The molecule has 0 atom stereocenters. The Kier molecular flexibility index (Phi) is 5.22. The van der Waals surface area contributed by atoms with E-state index in [1.807, 2.05) is 13.0 Å². The fourth-order valence-corrected chi connectivity index (χ4v) is 1.63. The smallest absolute Gasteiger partial charge is 0.251 e. The zero-order valence-electron chi connectivity index (χ0n) is 12.0. The van der Waals surface area contributed by atoms with Crippen molar-refractivity contribution in [2.75, 3.05) is 20.3 Å². The van der Waals surface area contributed by atoms with Crippen molar-refractivity contribution >= 4 is 5.91 Å². The van der Waals surface area contributed by atoms with Gasteiger partial charge < -0.3 is 14.8 Å². The van der Waals surface area contributed by atoms with Crippen molar-refractivity contribution in [3.8, 4) is 11.6 Å². The van der Waals surface area contributed by atoms with Crippen LogP contribution in [0.2, 0.25) is 0 Å². The van der Waals surface area contributed by atoms with E-state index in [4.69, 9.17) is 9.47 Å². The van der Waals surface area contributed by atoms with Gasteiger partial charge in [0.15, 0.2) is 0 Å². The van der Waals surface area contributed by atoms with Crippen LogP contribution in [0.5, 0.6) is 11.6 Å². The Morgan fingerprint density at radius 1 is 1.24 bits per heavy atom. The van der Waals surface area contributed by atoms with Gasteiger partial charge in [-0.1, -0.05) is 6.07 Å². The van der Waals surface area contributed by atoms with Crippen LogP contribution in [0.25, 0.3) is 0 Å². The highest BCUT2D eigenvalue weighted by Crippen LogP contribution is 2.19. The van der Waals surface area contributed by atoms with Crippen molar-refractivity contribution in [1.29, 1.82) is 0 Å². The molecule has 0 unspecified atom stereocenters. The van der Waals surface area contributed by atoms with E-state index in [0.29, 0.717) is 30.3 Å². The third kappa shape index (κ3) is 4.54. The summed E-state index contributed by atoms with van der Waals surface area (Å²) in [4.78, 5) is 11.9. The number of methoxy groups -OCH3 is 1. The summed E-state index contributed by atoms with van der Waals surface area (Å²) in [6.07, 6.45) is 0. The standard InChI is InChI=1S/C15H17N3O3/c1-11-6-7-14(18-17-11)21-13-5-3-4-12(10-13)15(19)16-8-9-20-2/h3-7,10H,8-9H2,1-2H3,(H,16,19). The molecule has 21 heavy (non-hydrogen) atoms. The molecule has 0 radical (unpaired) electrons. The first-order valence-electron chi connectivity index (χ1n) is 6.54. The molecule has 1 heterocycles. The Bertz CT molecular complexity index is 599. The lowest BCUT2D eigenvalue weighted by atomic mass is 10.2. The number of hydrogen-bond acceptors (Lipinski definition) is 5. The lowest BCUT2D eigenvalue weighted by molar-refractivity contribution is 0.0937. The third-order valence-corrected chi connectivity index (χ3v) is 2.68. The van der Waals surface area contributed by atoms with Crippen LogP contribution in [0, 0.1) is 6.92 Å². The normalized spacial score (nSPS) is 10.2. The van der Waals surface area contributed by atoms with Crippen LogP contribution in [0.15, 0.2) is 36.4 Å². The van der Waals surface area contributed by atoms with Crippen LogP contribution in [-0.4, -0.2) is 36.4 Å². The molecule has 1 aromatic heterocycles. The van der Waals surface area contributed by atoms with Crippen molar-refractivity contribution < 1.29 is 14.3 Å². The van der Waals surface area contributed by atoms with E-state index in [-0.39, 0.29) is 5.91 Å². The van der Waals surface area contributed by atoms with Gasteiger partial charge in [0.25, 0.3) is 5.91 Å². The highest BCUT2D eigenvalue weighted by molar-refractivity contribution is 5.94. The largest absolute Gasteiger partial charge is 0.438 e. The van der Waals surface area contributed by atoms with Crippen LogP contribution in [0.3, 0.4) is 0 Å². The first-order valence-corrected chi connectivity index (χ1v) is 6.54. The summed E-state index contributed by atoms with van der Waals surface area (Å²) in [6, 6.07) is 10.4. The Labute approximate surface area is 123 Å². The molecule has 0 saturated carbocycles. The van der Waals surface area contributed by atoms with Crippen LogP contribution < -0.4 is 10.1 Å². The summed E-state index contributed by atoms with van der Waals surface area (Å²) in [5.74, 6) is 0.748. The molecule has 1 aromatic carbocycles. The average Bonchev–Trinajstić information content (AvgIpc) is 2.50. The van der Waals surface area contributed by atoms with E-state index in [2.05, 4.69) is 15.5 Å². The minimum Gasteiger partial charge on any atom is -0.438 e. The van der Waals surface area contributed by atoms with E-state index in [1.54, 1.807) is 37.4 Å². The highest BCUT2D eigenvalue weighted by atomic mass is 16.5. The Hall–Kier alpha value is -2.47. The molecule has 110 valence electrons. The van der Waals surface area contributed by atoms with Crippen LogP contribution in [0.4, 0.5) is 0 Å². The van der Waals surface area contributed by atoms with Gasteiger partial charge in [0.2, 0.25) is 5.88 Å². The van der Waals surface area contributed by atoms with E-state index in [0.717, 1.165) is 5.69 Å². The van der Waals surface area contributed by atoms with Gasteiger partial charge >= 0.3 is 0 Å². The zero-order chi connectivity index (χ0) is 15.1. The molecule has 6 nitrogen and oxygen atoms in total. The predicted octanol–water partition coefficient (Wildman–Crippen LogP) is 1.95. The van der Waals surface area contributed by atoms with Crippen molar-refractivity contribution in [2.24, 2.45) is 0 Å². The second-order valence-corrected chi connectivity index (χ2v) is 4.39. The Balaban J connectivity index is 2.03. The number of aromatic nitrogens is 2. The topological polar surface area (TPSA) is 73.3 Å². The number of ether oxygens (including phenoxy) is 2. The van der Waals surface area contributed by atoms with Crippen molar-refractivity contribution in [3.05, 3.63) is 47.7 Å². The van der Waals surface area contributed by atoms with Gasteiger partial charge in [0, 0.05) is 25.3 Å². The number of nitrogens with zero attached hydrogens (tertiary/aromatic N) is 2. The molecule has 0 aliphatic rings. The van der Waals surface area contributed by atoms with E-state index in [9.17, 15) is 4.79 Å². The molecular weight excluding hydrogens is 270 g/mol. The Morgan fingerprint density at radius 2 is 2.10 bits per heavy atom.